The number of carbonyl (C=O) groups excluding carboxylic acids is 1. The number of fused-ring (bicyclic) bond motifs is 1. The summed E-state index contributed by atoms with van der Waals surface area (Å²) in [6, 6.07) is 6.29. The molecular weight excluding hydrogens is 495 g/mol. The van der Waals surface area contributed by atoms with Gasteiger partial charge < -0.3 is 25.0 Å². The number of para-hydroxylation sites is 1. The van der Waals surface area contributed by atoms with Crippen molar-refractivity contribution in [3.8, 4) is 11.5 Å². The molecule has 0 spiro atoms. The number of hydrogen-bond donors (Lipinski definition) is 2. The third kappa shape index (κ3) is 6.92. The van der Waals surface area contributed by atoms with Crippen LogP contribution < -0.4 is 20.1 Å². The van der Waals surface area contributed by atoms with Crippen molar-refractivity contribution in [3.05, 3.63) is 23.8 Å². The summed E-state index contributed by atoms with van der Waals surface area (Å²) in [6.07, 6.45) is 5.73. The lowest BCUT2D eigenvalue weighted by Crippen LogP contribution is -2.49. The summed E-state index contributed by atoms with van der Waals surface area (Å²) in [7, 11) is 3.52. The molecule has 7 nitrogen and oxygen atoms in total. The maximum atomic E-state index is 12.1. The fourth-order valence-corrected chi connectivity index (χ4v) is 3.72. The smallest absolute Gasteiger partial charge is 0.241 e. The van der Waals surface area contributed by atoms with Crippen molar-refractivity contribution in [1.29, 1.82) is 0 Å². The van der Waals surface area contributed by atoms with Crippen LogP contribution in [-0.2, 0) is 11.3 Å². The Bertz CT molecular complexity index is 726. The maximum absolute atomic E-state index is 12.1. The molecule has 0 saturated heterocycles. The van der Waals surface area contributed by atoms with Gasteiger partial charge in [-0.25, -0.2) is 4.99 Å². The van der Waals surface area contributed by atoms with Gasteiger partial charge in [-0.2, -0.15) is 0 Å². The Balaban J connectivity index is 0.00000320. The number of hydrogen-bond acceptors (Lipinski definition) is 4. The zero-order chi connectivity index (χ0) is 20.6. The first-order valence-electron chi connectivity index (χ1n) is 10.7. The molecule has 0 aromatic heterocycles. The van der Waals surface area contributed by atoms with E-state index in [1.807, 2.05) is 18.2 Å². The molecule has 1 aromatic rings. The quantitative estimate of drug-likeness (QED) is 0.348. The normalized spacial score (nSPS) is 21.1. The molecule has 1 heterocycles. The summed E-state index contributed by atoms with van der Waals surface area (Å²) in [5.74, 6) is 2.84. The highest BCUT2D eigenvalue weighted by molar-refractivity contribution is 14.0. The average molecular weight is 530 g/mol. The van der Waals surface area contributed by atoms with Crippen LogP contribution in [0.4, 0.5) is 0 Å². The molecule has 1 aliphatic carbocycles. The highest BCUT2D eigenvalue weighted by Gasteiger charge is 2.22. The van der Waals surface area contributed by atoms with Gasteiger partial charge in [0.15, 0.2) is 17.5 Å². The van der Waals surface area contributed by atoms with Crippen LogP contribution in [0.25, 0.3) is 0 Å². The first-order chi connectivity index (χ1) is 14.0. The van der Waals surface area contributed by atoms with E-state index in [9.17, 15) is 4.79 Å². The number of likely N-dealkylation sites (N-methyl/N-ethyl adjacent to an activating group) is 1. The molecule has 168 valence electrons. The lowest BCUT2D eigenvalue weighted by molar-refractivity contribution is -0.127. The minimum Gasteiger partial charge on any atom is -0.490 e. The van der Waals surface area contributed by atoms with Crippen LogP contribution in [0.5, 0.6) is 11.5 Å². The standard InChI is InChI=1S/C22H34N4O3.HI/c1-16-8-4-5-10-18(16)25-22(24-15-20(27)26(2)3)23-14-17-9-6-11-19-21(17)29-13-7-12-28-19;/h6,9,11,16,18H,4-5,7-8,10,12-15H2,1-3H3,(H2,23,24,25);1H. The molecule has 2 aliphatic rings. The Labute approximate surface area is 197 Å². The number of halogens is 1. The number of guanidine groups is 1. The number of nitrogens with one attached hydrogen (secondary N) is 2. The number of benzene rings is 1. The molecule has 2 N–H and O–H groups in total. The van der Waals surface area contributed by atoms with Gasteiger partial charge in [0.1, 0.15) is 0 Å². The highest BCUT2D eigenvalue weighted by Crippen LogP contribution is 2.33. The summed E-state index contributed by atoms with van der Waals surface area (Å²) >= 11 is 0. The Morgan fingerprint density at radius 3 is 2.70 bits per heavy atom. The summed E-state index contributed by atoms with van der Waals surface area (Å²) < 4.78 is 11.7. The predicted octanol–water partition coefficient (Wildman–Crippen LogP) is 3.17. The highest BCUT2D eigenvalue weighted by atomic mass is 127. The maximum Gasteiger partial charge on any atom is 0.241 e. The molecule has 2 unspecified atom stereocenters. The van der Waals surface area contributed by atoms with Crippen LogP contribution in [0.2, 0.25) is 0 Å². The molecule has 1 fully saturated rings. The second-order valence-corrected chi connectivity index (χ2v) is 8.11. The SMILES string of the molecule is CC1CCCCC1NC(=NCc1cccc2c1OCCCO2)NCC(=O)N(C)C.I. The first-order valence-corrected chi connectivity index (χ1v) is 10.7. The van der Waals surface area contributed by atoms with Crippen LogP contribution >= 0.6 is 24.0 Å². The second kappa shape index (κ2) is 12.2. The van der Waals surface area contributed by atoms with E-state index >= 15 is 0 Å². The second-order valence-electron chi connectivity index (χ2n) is 8.11. The van der Waals surface area contributed by atoms with Gasteiger partial charge in [-0.15, -0.1) is 24.0 Å². The monoisotopic (exact) mass is 530 g/mol. The fourth-order valence-electron chi connectivity index (χ4n) is 3.72. The molecule has 3 rings (SSSR count). The van der Waals surface area contributed by atoms with E-state index in [1.54, 1.807) is 19.0 Å². The van der Waals surface area contributed by atoms with Gasteiger partial charge in [0.05, 0.1) is 26.3 Å². The molecule has 0 bridgehead atoms. The Kier molecular flexibility index (Phi) is 10.0. The third-order valence-electron chi connectivity index (χ3n) is 5.60. The number of rotatable bonds is 5. The van der Waals surface area contributed by atoms with Gasteiger partial charge in [-0.05, 0) is 24.8 Å². The van der Waals surface area contributed by atoms with E-state index in [0.717, 1.165) is 29.9 Å². The summed E-state index contributed by atoms with van der Waals surface area (Å²) in [4.78, 5) is 18.4. The van der Waals surface area contributed by atoms with Gasteiger partial charge in [0, 0.05) is 32.1 Å². The van der Waals surface area contributed by atoms with E-state index < -0.39 is 0 Å². The minimum atomic E-state index is 0. The zero-order valence-electron chi connectivity index (χ0n) is 18.3. The van der Waals surface area contributed by atoms with E-state index in [2.05, 4.69) is 17.6 Å². The van der Waals surface area contributed by atoms with Crippen molar-refractivity contribution >= 4 is 35.8 Å². The molecule has 8 heteroatoms. The molecular formula is C22H35IN4O3. The van der Waals surface area contributed by atoms with E-state index in [0.29, 0.717) is 37.7 Å². The van der Waals surface area contributed by atoms with Crippen LogP contribution in [0, 0.1) is 5.92 Å². The van der Waals surface area contributed by atoms with E-state index in [-0.39, 0.29) is 36.4 Å². The van der Waals surface area contributed by atoms with Crippen molar-refractivity contribution in [2.75, 3.05) is 33.9 Å². The van der Waals surface area contributed by atoms with Crippen molar-refractivity contribution in [2.45, 2.75) is 51.6 Å². The number of nitrogens with zero attached hydrogens (tertiary/aromatic N) is 2. The molecule has 2 atom stereocenters. The summed E-state index contributed by atoms with van der Waals surface area (Å²) in [6.45, 7) is 4.27. The summed E-state index contributed by atoms with van der Waals surface area (Å²) in [5.41, 5.74) is 0.987. The predicted molar refractivity (Wildman–Crippen MR) is 130 cm³/mol. The van der Waals surface area contributed by atoms with Crippen molar-refractivity contribution in [1.82, 2.24) is 15.5 Å². The van der Waals surface area contributed by atoms with Crippen LogP contribution in [0.15, 0.2) is 23.2 Å². The molecule has 1 amide bonds. The summed E-state index contributed by atoms with van der Waals surface area (Å²) in [5, 5.41) is 6.77. The van der Waals surface area contributed by atoms with E-state index in [1.165, 1.54) is 19.3 Å². The van der Waals surface area contributed by atoms with Gasteiger partial charge in [0.2, 0.25) is 5.91 Å². The number of ether oxygens (including phenoxy) is 2. The molecule has 1 aliphatic heterocycles. The van der Waals surface area contributed by atoms with Gasteiger partial charge in [-0.3, -0.25) is 4.79 Å². The Hall–Kier alpha value is -1.71. The average Bonchev–Trinajstić information content (AvgIpc) is 2.97. The Morgan fingerprint density at radius 1 is 1.17 bits per heavy atom. The van der Waals surface area contributed by atoms with Crippen molar-refractivity contribution < 1.29 is 14.3 Å². The van der Waals surface area contributed by atoms with Crippen LogP contribution in [0.1, 0.15) is 44.6 Å². The molecule has 1 saturated carbocycles. The van der Waals surface area contributed by atoms with Gasteiger partial charge in [0.25, 0.3) is 0 Å². The topological polar surface area (TPSA) is 75.2 Å². The van der Waals surface area contributed by atoms with Crippen molar-refractivity contribution in [3.63, 3.8) is 0 Å². The van der Waals surface area contributed by atoms with Crippen LogP contribution in [-0.4, -0.2) is 56.7 Å². The Morgan fingerprint density at radius 2 is 1.93 bits per heavy atom. The minimum absolute atomic E-state index is 0. The lowest BCUT2D eigenvalue weighted by atomic mass is 9.86. The number of aliphatic imine (C=N–C) groups is 1. The lowest BCUT2D eigenvalue weighted by Gasteiger charge is -2.31. The first kappa shape index (κ1) is 24.6. The largest absolute Gasteiger partial charge is 0.490 e. The van der Waals surface area contributed by atoms with E-state index in [4.69, 9.17) is 14.5 Å². The zero-order valence-corrected chi connectivity index (χ0v) is 20.6. The number of amides is 1. The van der Waals surface area contributed by atoms with Gasteiger partial charge in [-0.1, -0.05) is 31.9 Å². The molecule has 30 heavy (non-hydrogen) atoms. The van der Waals surface area contributed by atoms with Gasteiger partial charge >= 0.3 is 0 Å². The molecule has 0 radical (unpaired) electrons. The third-order valence-corrected chi connectivity index (χ3v) is 5.60. The molecule has 1 aromatic carbocycles. The van der Waals surface area contributed by atoms with Crippen LogP contribution in [0.3, 0.4) is 0 Å². The van der Waals surface area contributed by atoms with Crippen molar-refractivity contribution in [2.24, 2.45) is 10.9 Å². The fraction of sp³-hybridized carbons (Fsp3) is 0.636. The number of carbonyl (C=O) groups is 1.